The number of nitrogens with zero attached hydrogens (tertiary/aromatic N) is 1. The predicted molar refractivity (Wildman–Crippen MR) is 142 cm³/mol. The smallest absolute Gasteiger partial charge is 0.229 e. The van der Waals surface area contributed by atoms with Crippen LogP contribution in [-0.4, -0.2) is 27.6 Å². The molecule has 1 saturated heterocycles. The lowest BCUT2D eigenvalue weighted by Crippen LogP contribution is -2.55. The van der Waals surface area contributed by atoms with E-state index in [0.29, 0.717) is 29.3 Å². The van der Waals surface area contributed by atoms with Crippen molar-refractivity contribution in [3.8, 4) is 0 Å². The van der Waals surface area contributed by atoms with Crippen molar-refractivity contribution in [1.29, 1.82) is 0 Å². The number of carbonyl (C=O) groups excluding carboxylic acids is 1. The summed E-state index contributed by atoms with van der Waals surface area (Å²) in [4.78, 5) is 16.3. The van der Waals surface area contributed by atoms with Gasteiger partial charge < -0.3 is 10.0 Å². The van der Waals surface area contributed by atoms with Gasteiger partial charge in [-0.3, -0.25) is 4.79 Å². The molecule has 3 nitrogen and oxygen atoms in total. The molecule has 0 aliphatic carbocycles. The topological polar surface area (TPSA) is 40.5 Å². The molecule has 1 heterocycles. The zero-order chi connectivity index (χ0) is 25.1. The monoisotopic (exact) mass is 501 g/mol. The average Bonchev–Trinajstić information content (AvgIpc) is 2.77. The number of likely N-dealkylation sites (tertiary alicyclic amines) is 1. The van der Waals surface area contributed by atoms with Gasteiger partial charge in [0.2, 0.25) is 5.91 Å². The molecule has 1 amide bonds. The summed E-state index contributed by atoms with van der Waals surface area (Å²) in [6.07, 6.45) is 5.30. The molecule has 34 heavy (non-hydrogen) atoms. The van der Waals surface area contributed by atoms with E-state index < -0.39 is 11.0 Å². The first-order chi connectivity index (χ1) is 16.0. The first-order valence-corrected chi connectivity index (χ1v) is 12.9. The van der Waals surface area contributed by atoms with Gasteiger partial charge in [-0.1, -0.05) is 67.4 Å². The molecule has 184 valence electrons. The number of hydrogen-bond donors (Lipinski definition) is 1. The number of amides is 1. The molecule has 0 spiro atoms. The Labute approximate surface area is 214 Å². The van der Waals surface area contributed by atoms with Crippen LogP contribution >= 0.6 is 23.2 Å². The lowest BCUT2D eigenvalue weighted by atomic mass is 9.67. The van der Waals surface area contributed by atoms with Gasteiger partial charge in [-0.05, 0) is 81.3 Å². The lowest BCUT2D eigenvalue weighted by Gasteiger charge is -2.52. The fraction of sp³-hybridized carbons (Fsp3) is 0.483. The highest BCUT2D eigenvalue weighted by atomic mass is 35.5. The summed E-state index contributed by atoms with van der Waals surface area (Å²) in [6, 6.07) is 15.7. The van der Waals surface area contributed by atoms with Gasteiger partial charge >= 0.3 is 0 Å². The fourth-order valence-corrected chi connectivity index (χ4v) is 5.67. The van der Waals surface area contributed by atoms with Gasteiger partial charge in [0.15, 0.2) is 0 Å². The molecule has 1 N–H and O–H groups in total. The molecule has 3 unspecified atom stereocenters. The summed E-state index contributed by atoms with van der Waals surface area (Å²) in [6.45, 7) is 11.8. The maximum Gasteiger partial charge on any atom is 0.229 e. The van der Waals surface area contributed by atoms with E-state index in [-0.39, 0.29) is 23.9 Å². The summed E-state index contributed by atoms with van der Waals surface area (Å²) < 4.78 is 0. The zero-order valence-corrected chi connectivity index (χ0v) is 22.2. The normalized spacial score (nSPS) is 24.2. The number of carbonyl (C=O) groups is 1. The van der Waals surface area contributed by atoms with Gasteiger partial charge in [0, 0.05) is 22.0 Å². The Morgan fingerprint density at radius 1 is 1.18 bits per heavy atom. The summed E-state index contributed by atoms with van der Waals surface area (Å²) in [5.41, 5.74) is 0.821. The molecule has 3 rings (SSSR count). The summed E-state index contributed by atoms with van der Waals surface area (Å²) >= 11 is 12.7. The van der Waals surface area contributed by atoms with Gasteiger partial charge in [-0.25, -0.2) is 0 Å². The Morgan fingerprint density at radius 2 is 1.85 bits per heavy atom. The maximum absolute atomic E-state index is 14.2. The van der Waals surface area contributed by atoms with Crippen molar-refractivity contribution in [1.82, 2.24) is 4.90 Å². The highest BCUT2D eigenvalue weighted by Crippen LogP contribution is 2.52. The fourth-order valence-electron chi connectivity index (χ4n) is 5.35. The van der Waals surface area contributed by atoms with Crippen molar-refractivity contribution in [2.75, 3.05) is 0 Å². The minimum Gasteiger partial charge on any atom is -0.390 e. The van der Waals surface area contributed by atoms with Gasteiger partial charge in [0.05, 0.1) is 17.1 Å². The number of hydrogen-bond acceptors (Lipinski definition) is 2. The lowest BCUT2D eigenvalue weighted by molar-refractivity contribution is -0.155. The largest absolute Gasteiger partial charge is 0.390 e. The Balaban J connectivity index is 2.19. The molecule has 2 aromatic carbocycles. The SMILES string of the molecule is C=CCC1(C)CC(c2cccc(Cl)c2)C(c2ccc(Cl)cc2)N([C@@H](CC)CCC(C)(C)O)C1=O. The van der Waals surface area contributed by atoms with Crippen molar-refractivity contribution in [3.63, 3.8) is 0 Å². The molecular weight excluding hydrogens is 465 g/mol. The van der Waals surface area contributed by atoms with Crippen molar-refractivity contribution in [2.45, 2.75) is 83.4 Å². The van der Waals surface area contributed by atoms with Crippen molar-refractivity contribution < 1.29 is 9.90 Å². The van der Waals surface area contributed by atoms with Crippen LogP contribution < -0.4 is 0 Å². The maximum atomic E-state index is 14.2. The van der Waals surface area contributed by atoms with E-state index in [1.54, 1.807) is 0 Å². The van der Waals surface area contributed by atoms with Gasteiger partial charge in [-0.15, -0.1) is 6.58 Å². The van der Waals surface area contributed by atoms with Crippen LogP contribution in [0.25, 0.3) is 0 Å². The molecule has 1 fully saturated rings. The second-order valence-electron chi connectivity index (χ2n) is 10.5. The molecule has 0 bridgehead atoms. The third-order valence-electron chi connectivity index (χ3n) is 7.14. The van der Waals surface area contributed by atoms with Crippen molar-refractivity contribution in [3.05, 3.63) is 82.4 Å². The van der Waals surface area contributed by atoms with E-state index in [4.69, 9.17) is 23.2 Å². The Hall–Kier alpha value is -1.81. The molecule has 0 saturated carbocycles. The minimum atomic E-state index is -0.793. The first kappa shape index (κ1) is 26.8. The Bertz CT molecular complexity index is 998. The van der Waals surface area contributed by atoms with Crippen LogP contribution in [0.5, 0.6) is 0 Å². The molecule has 2 aromatic rings. The molecule has 4 atom stereocenters. The second kappa shape index (κ2) is 10.8. The molecular formula is C29H37Cl2NO2. The summed E-state index contributed by atoms with van der Waals surface area (Å²) in [5, 5.41) is 11.8. The third-order valence-corrected chi connectivity index (χ3v) is 7.63. The van der Waals surface area contributed by atoms with Gasteiger partial charge in [0.25, 0.3) is 0 Å². The van der Waals surface area contributed by atoms with E-state index in [2.05, 4.69) is 31.4 Å². The minimum absolute atomic E-state index is 0.00859. The number of aliphatic hydroxyl groups is 1. The van der Waals surface area contributed by atoms with E-state index in [1.165, 1.54) is 0 Å². The van der Waals surface area contributed by atoms with E-state index in [1.807, 2.05) is 62.4 Å². The quantitative estimate of drug-likeness (QED) is 0.353. The number of rotatable bonds is 9. The molecule has 5 heteroatoms. The Morgan fingerprint density at radius 3 is 2.41 bits per heavy atom. The molecule has 1 aliphatic heterocycles. The zero-order valence-electron chi connectivity index (χ0n) is 20.7. The standard InChI is InChI=1S/C29H37Cl2NO2/c1-6-16-29(5)19-25(21-9-8-10-23(31)18-21)26(20-11-13-22(30)14-12-20)32(27(29)33)24(7-2)15-17-28(3,4)34/h6,8-14,18,24-26,34H,1,7,15-17,19H2,2-5H3/t24-,25?,26?,29?/m0/s1. The highest BCUT2D eigenvalue weighted by Gasteiger charge is 2.50. The number of halogens is 2. The molecule has 0 aromatic heterocycles. The Kier molecular flexibility index (Phi) is 8.55. The number of benzene rings is 2. The first-order valence-electron chi connectivity index (χ1n) is 12.2. The van der Waals surface area contributed by atoms with Crippen LogP contribution in [0.1, 0.15) is 82.9 Å². The predicted octanol–water partition coefficient (Wildman–Crippen LogP) is 7.96. The third kappa shape index (κ3) is 6.05. The van der Waals surface area contributed by atoms with Crippen LogP contribution in [0.4, 0.5) is 0 Å². The highest BCUT2D eigenvalue weighted by molar-refractivity contribution is 6.30. The number of piperidine rings is 1. The van der Waals surface area contributed by atoms with Crippen molar-refractivity contribution >= 4 is 29.1 Å². The summed E-state index contributed by atoms with van der Waals surface area (Å²) in [7, 11) is 0. The van der Waals surface area contributed by atoms with E-state index in [0.717, 1.165) is 24.0 Å². The average molecular weight is 503 g/mol. The van der Waals surface area contributed by atoms with Crippen molar-refractivity contribution in [2.24, 2.45) is 5.41 Å². The van der Waals surface area contributed by atoms with Crippen LogP contribution in [-0.2, 0) is 4.79 Å². The van der Waals surface area contributed by atoms with Gasteiger partial charge in [-0.2, -0.15) is 0 Å². The van der Waals surface area contributed by atoms with Crippen LogP contribution in [0, 0.1) is 5.41 Å². The van der Waals surface area contributed by atoms with Crippen LogP contribution in [0.3, 0.4) is 0 Å². The van der Waals surface area contributed by atoms with E-state index >= 15 is 0 Å². The molecule has 0 radical (unpaired) electrons. The number of allylic oxidation sites excluding steroid dienone is 1. The van der Waals surface area contributed by atoms with Crippen LogP contribution in [0.15, 0.2) is 61.2 Å². The van der Waals surface area contributed by atoms with Gasteiger partial charge in [0.1, 0.15) is 0 Å². The van der Waals surface area contributed by atoms with Crippen LogP contribution in [0.2, 0.25) is 10.0 Å². The molecule has 1 aliphatic rings. The summed E-state index contributed by atoms with van der Waals surface area (Å²) in [5.74, 6) is 0.201. The second-order valence-corrected chi connectivity index (χ2v) is 11.4. The van der Waals surface area contributed by atoms with E-state index in [9.17, 15) is 9.90 Å².